The standard InChI is InChI=1S/C20H26N4O3S/c1-24(2)13-12-21-20(28)23-22-19(25)17-10-6-7-11-18(17)27-15-14-26-16-8-4-3-5-9-16/h3-11H,12-15H2,1-2H3,(H,22,25)(H2,21,23,28). The van der Waals surface area contributed by atoms with E-state index < -0.39 is 0 Å². The maximum atomic E-state index is 12.4. The van der Waals surface area contributed by atoms with E-state index in [-0.39, 0.29) is 5.91 Å². The molecule has 0 radical (unpaired) electrons. The number of likely N-dealkylation sites (N-methyl/N-ethyl adjacent to an activating group) is 1. The Morgan fingerprint density at radius 2 is 1.64 bits per heavy atom. The number of amides is 1. The summed E-state index contributed by atoms with van der Waals surface area (Å²) < 4.78 is 11.3. The smallest absolute Gasteiger partial charge is 0.273 e. The SMILES string of the molecule is CN(C)CCNC(=S)NNC(=O)c1ccccc1OCCOc1ccccc1. The molecule has 0 saturated heterocycles. The minimum absolute atomic E-state index is 0.317. The molecule has 1 amide bonds. The lowest BCUT2D eigenvalue weighted by molar-refractivity contribution is 0.0938. The van der Waals surface area contributed by atoms with Crippen molar-refractivity contribution in [2.45, 2.75) is 0 Å². The Morgan fingerprint density at radius 1 is 0.964 bits per heavy atom. The van der Waals surface area contributed by atoms with Crippen molar-refractivity contribution in [3.8, 4) is 11.5 Å². The number of carbonyl (C=O) groups is 1. The monoisotopic (exact) mass is 402 g/mol. The summed E-state index contributed by atoms with van der Waals surface area (Å²) in [6.45, 7) is 2.20. The third-order valence-electron chi connectivity index (χ3n) is 3.62. The molecule has 150 valence electrons. The molecular formula is C20H26N4O3S. The van der Waals surface area contributed by atoms with Crippen LogP contribution in [0.1, 0.15) is 10.4 Å². The Hall–Kier alpha value is -2.84. The molecule has 0 heterocycles. The van der Waals surface area contributed by atoms with Crippen molar-refractivity contribution in [2.75, 3.05) is 40.4 Å². The molecule has 2 aromatic rings. The average molecular weight is 403 g/mol. The summed E-state index contributed by atoms with van der Waals surface area (Å²) in [7, 11) is 3.95. The van der Waals surface area contributed by atoms with Crippen molar-refractivity contribution in [1.82, 2.24) is 21.1 Å². The van der Waals surface area contributed by atoms with Crippen molar-refractivity contribution in [3.63, 3.8) is 0 Å². The van der Waals surface area contributed by atoms with Gasteiger partial charge in [0.15, 0.2) is 5.11 Å². The van der Waals surface area contributed by atoms with Crippen LogP contribution < -0.4 is 25.6 Å². The molecule has 0 fully saturated rings. The number of para-hydroxylation sites is 2. The molecule has 0 aliphatic carbocycles. The van der Waals surface area contributed by atoms with Gasteiger partial charge in [-0.3, -0.25) is 15.6 Å². The zero-order valence-electron chi connectivity index (χ0n) is 16.1. The van der Waals surface area contributed by atoms with Gasteiger partial charge in [0.2, 0.25) is 0 Å². The number of benzene rings is 2. The molecule has 0 atom stereocenters. The number of hydrogen-bond donors (Lipinski definition) is 3. The highest BCUT2D eigenvalue weighted by molar-refractivity contribution is 7.80. The van der Waals surface area contributed by atoms with Crippen molar-refractivity contribution in [1.29, 1.82) is 0 Å². The minimum atomic E-state index is -0.337. The van der Waals surface area contributed by atoms with Crippen molar-refractivity contribution < 1.29 is 14.3 Å². The van der Waals surface area contributed by atoms with Crippen LogP contribution in [-0.4, -0.2) is 56.3 Å². The lowest BCUT2D eigenvalue weighted by Gasteiger charge is -2.15. The van der Waals surface area contributed by atoms with E-state index in [4.69, 9.17) is 21.7 Å². The molecular weight excluding hydrogens is 376 g/mol. The first kappa shape index (κ1) is 21.5. The van der Waals surface area contributed by atoms with Crippen LogP contribution in [0.25, 0.3) is 0 Å². The molecule has 28 heavy (non-hydrogen) atoms. The molecule has 3 N–H and O–H groups in total. The predicted molar refractivity (Wildman–Crippen MR) is 114 cm³/mol. The van der Waals surface area contributed by atoms with Gasteiger partial charge in [-0.25, -0.2) is 0 Å². The van der Waals surface area contributed by atoms with Crippen LogP contribution >= 0.6 is 12.2 Å². The average Bonchev–Trinajstić information content (AvgIpc) is 2.70. The van der Waals surface area contributed by atoms with Gasteiger partial charge in [-0.15, -0.1) is 0 Å². The number of thiocarbonyl (C=S) groups is 1. The van der Waals surface area contributed by atoms with Gasteiger partial charge in [0.05, 0.1) is 5.56 Å². The van der Waals surface area contributed by atoms with E-state index in [9.17, 15) is 4.79 Å². The molecule has 7 nitrogen and oxygen atoms in total. The summed E-state index contributed by atoms with van der Waals surface area (Å²) in [5, 5.41) is 3.36. The summed E-state index contributed by atoms with van der Waals surface area (Å²) in [6.07, 6.45) is 0. The third kappa shape index (κ3) is 7.81. The number of carbonyl (C=O) groups excluding carboxylic acids is 1. The second-order valence-electron chi connectivity index (χ2n) is 6.14. The molecule has 0 saturated carbocycles. The lowest BCUT2D eigenvalue weighted by atomic mass is 10.2. The maximum absolute atomic E-state index is 12.4. The third-order valence-corrected chi connectivity index (χ3v) is 3.87. The topological polar surface area (TPSA) is 74.9 Å². The predicted octanol–water partition coefficient (Wildman–Crippen LogP) is 1.81. The number of nitrogens with one attached hydrogen (secondary N) is 3. The van der Waals surface area contributed by atoms with E-state index in [2.05, 4.69) is 16.2 Å². The van der Waals surface area contributed by atoms with Crippen LogP contribution in [0.2, 0.25) is 0 Å². The summed E-state index contributed by atoms with van der Waals surface area (Å²) in [5.74, 6) is 0.915. The first-order valence-corrected chi connectivity index (χ1v) is 9.35. The highest BCUT2D eigenvalue weighted by Gasteiger charge is 2.12. The van der Waals surface area contributed by atoms with Crippen LogP contribution in [0, 0.1) is 0 Å². The van der Waals surface area contributed by atoms with Gasteiger partial charge in [-0.05, 0) is 50.6 Å². The van der Waals surface area contributed by atoms with Crippen molar-refractivity contribution in [2.24, 2.45) is 0 Å². The van der Waals surface area contributed by atoms with E-state index in [1.54, 1.807) is 18.2 Å². The number of nitrogens with zero attached hydrogens (tertiary/aromatic N) is 1. The molecule has 0 bridgehead atoms. The highest BCUT2D eigenvalue weighted by atomic mass is 32.1. The van der Waals surface area contributed by atoms with Crippen LogP contribution in [0.5, 0.6) is 11.5 Å². The van der Waals surface area contributed by atoms with E-state index in [1.165, 1.54) is 0 Å². The largest absolute Gasteiger partial charge is 0.490 e. The fourth-order valence-corrected chi connectivity index (χ4v) is 2.38. The normalized spacial score (nSPS) is 10.2. The Labute approximate surface area is 171 Å². The molecule has 2 aromatic carbocycles. The van der Waals surface area contributed by atoms with Crippen LogP contribution in [0.3, 0.4) is 0 Å². The van der Waals surface area contributed by atoms with Gasteiger partial charge in [0.25, 0.3) is 5.91 Å². The number of rotatable bonds is 9. The Kier molecular flexibility index (Phi) is 9.03. The number of ether oxygens (including phenoxy) is 2. The molecule has 0 aliphatic rings. The van der Waals surface area contributed by atoms with E-state index in [0.29, 0.717) is 36.2 Å². The Morgan fingerprint density at radius 3 is 2.39 bits per heavy atom. The van der Waals surface area contributed by atoms with Gasteiger partial charge in [0.1, 0.15) is 24.7 Å². The quantitative estimate of drug-likeness (QED) is 0.336. The number of hydrazine groups is 1. The molecule has 0 unspecified atom stereocenters. The van der Waals surface area contributed by atoms with Gasteiger partial charge in [-0.1, -0.05) is 30.3 Å². The zero-order valence-corrected chi connectivity index (χ0v) is 16.9. The van der Waals surface area contributed by atoms with Gasteiger partial charge < -0.3 is 19.7 Å². The van der Waals surface area contributed by atoms with Crippen molar-refractivity contribution >= 4 is 23.2 Å². The molecule has 2 rings (SSSR count). The Balaban J connectivity index is 1.78. The van der Waals surface area contributed by atoms with Gasteiger partial charge in [0, 0.05) is 13.1 Å². The Bertz CT molecular complexity index is 756. The van der Waals surface area contributed by atoms with Crippen molar-refractivity contribution in [3.05, 3.63) is 60.2 Å². The second kappa shape index (κ2) is 11.8. The molecule has 0 spiro atoms. The fraction of sp³-hybridized carbons (Fsp3) is 0.300. The second-order valence-corrected chi connectivity index (χ2v) is 6.55. The summed E-state index contributed by atoms with van der Waals surface area (Å²) >= 11 is 5.14. The molecule has 0 aliphatic heterocycles. The van der Waals surface area contributed by atoms with Gasteiger partial charge >= 0.3 is 0 Å². The van der Waals surface area contributed by atoms with E-state index >= 15 is 0 Å². The van der Waals surface area contributed by atoms with E-state index in [1.807, 2.05) is 55.4 Å². The summed E-state index contributed by atoms with van der Waals surface area (Å²) in [5.41, 5.74) is 5.68. The first-order chi connectivity index (χ1) is 13.6. The lowest BCUT2D eigenvalue weighted by Crippen LogP contribution is -2.48. The van der Waals surface area contributed by atoms with Gasteiger partial charge in [-0.2, -0.15) is 0 Å². The molecule has 0 aromatic heterocycles. The summed E-state index contributed by atoms with van der Waals surface area (Å²) in [4.78, 5) is 14.5. The van der Waals surface area contributed by atoms with Crippen LogP contribution in [0.4, 0.5) is 0 Å². The molecule has 8 heteroatoms. The van der Waals surface area contributed by atoms with Crippen LogP contribution in [0.15, 0.2) is 54.6 Å². The zero-order chi connectivity index (χ0) is 20.2. The minimum Gasteiger partial charge on any atom is -0.490 e. The first-order valence-electron chi connectivity index (χ1n) is 8.95. The van der Waals surface area contributed by atoms with Crippen LogP contribution in [-0.2, 0) is 0 Å². The number of hydrogen-bond acceptors (Lipinski definition) is 5. The summed E-state index contributed by atoms with van der Waals surface area (Å²) in [6, 6.07) is 16.5. The fourth-order valence-electron chi connectivity index (χ4n) is 2.23. The maximum Gasteiger partial charge on any atom is 0.273 e. The van der Waals surface area contributed by atoms with E-state index in [0.717, 1.165) is 12.3 Å². The highest BCUT2D eigenvalue weighted by Crippen LogP contribution is 2.17.